The van der Waals surface area contributed by atoms with Gasteiger partial charge in [0.25, 0.3) is 0 Å². The van der Waals surface area contributed by atoms with E-state index in [4.69, 9.17) is 5.73 Å². The van der Waals surface area contributed by atoms with E-state index in [0.717, 1.165) is 17.1 Å². The van der Waals surface area contributed by atoms with E-state index in [0.29, 0.717) is 11.9 Å². The Morgan fingerprint density at radius 1 is 1.60 bits per heavy atom. The summed E-state index contributed by atoms with van der Waals surface area (Å²) in [6.07, 6.45) is 1.76. The van der Waals surface area contributed by atoms with Gasteiger partial charge in [-0.2, -0.15) is 11.8 Å². The first-order valence-electron chi connectivity index (χ1n) is 5.16. The fraction of sp³-hybridized carbons (Fsp3) is 0.545. The number of nitrogen functional groups attached to an aromatic ring is 1. The molecule has 1 aromatic heterocycles. The Morgan fingerprint density at radius 2 is 2.33 bits per heavy atom. The molecule has 0 aliphatic heterocycles. The van der Waals surface area contributed by atoms with E-state index in [1.165, 1.54) is 5.56 Å². The van der Waals surface area contributed by atoms with Crippen molar-refractivity contribution >= 4 is 17.6 Å². The number of hydrogen-bond donors (Lipinski definition) is 2. The van der Waals surface area contributed by atoms with Crippen LogP contribution in [0.3, 0.4) is 0 Å². The summed E-state index contributed by atoms with van der Waals surface area (Å²) in [7, 11) is 1.97. The van der Waals surface area contributed by atoms with E-state index >= 15 is 0 Å². The number of aromatic nitrogens is 1. The van der Waals surface area contributed by atoms with Crippen molar-refractivity contribution in [1.82, 2.24) is 10.3 Å². The van der Waals surface area contributed by atoms with E-state index in [9.17, 15) is 0 Å². The van der Waals surface area contributed by atoms with Crippen LogP contribution in [0, 0.1) is 6.92 Å². The van der Waals surface area contributed by atoms with Crippen LogP contribution in [0.15, 0.2) is 12.3 Å². The Hall–Kier alpha value is -0.740. The monoisotopic (exact) mass is 225 g/mol. The minimum absolute atomic E-state index is 0.295. The maximum atomic E-state index is 5.91. The summed E-state index contributed by atoms with van der Waals surface area (Å²) in [5, 5.41) is 3.29. The molecule has 3 nitrogen and oxygen atoms in total. The van der Waals surface area contributed by atoms with Crippen LogP contribution in [0.4, 0.5) is 5.82 Å². The predicted molar refractivity (Wildman–Crippen MR) is 68.2 cm³/mol. The molecule has 3 N–H and O–H groups in total. The van der Waals surface area contributed by atoms with Gasteiger partial charge in [0.1, 0.15) is 5.82 Å². The van der Waals surface area contributed by atoms with Gasteiger partial charge in [0.2, 0.25) is 0 Å². The van der Waals surface area contributed by atoms with E-state index < -0.39 is 0 Å². The number of thioether (sulfide) groups is 1. The first-order chi connectivity index (χ1) is 7.20. The van der Waals surface area contributed by atoms with Crippen LogP contribution < -0.4 is 11.1 Å². The molecular formula is C11H19N3S. The van der Waals surface area contributed by atoms with Crippen molar-refractivity contribution in [2.75, 3.05) is 24.3 Å². The standard InChI is InChI=1S/C11H19N3S/c1-4-15-7-9(13-3)10-8(2)5-6-14-11(10)12/h5-6,9,13H,4,7H2,1-3H3,(H2,12,14). The molecule has 84 valence electrons. The van der Waals surface area contributed by atoms with Gasteiger partial charge in [0, 0.05) is 23.6 Å². The van der Waals surface area contributed by atoms with E-state index in [-0.39, 0.29) is 0 Å². The molecule has 0 aliphatic carbocycles. The van der Waals surface area contributed by atoms with Crippen LogP contribution in [-0.2, 0) is 0 Å². The largest absolute Gasteiger partial charge is 0.383 e. The molecular weight excluding hydrogens is 206 g/mol. The van der Waals surface area contributed by atoms with Gasteiger partial charge in [-0.25, -0.2) is 4.98 Å². The zero-order chi connectivity index (χ0) is 11.3. The van der Waals surface area contributed by atoms with E-state index in [2.05, 4.69) is 24.1 Å². The topological polar surface area (TPSA) is 50.9 Å². The predicted octanol–water partition coefficient (Wildman–Crippen LogP) is 1.99. The van der Waals surface area contributed by atoms with Crippen LogP contribution >= 0.6 is 11.8 Å². The zero-order valence-electron chi connectivity index (χ0n) is 9.58. The molecule has 0 fully saturated rings. The normalized spacial score (nSPS) is 12.7. The highest BCUT2D eigenvalue weighted by molar-refractivity contribution is 7.99. The van der Waals surface area contributed by atoms with Gasteiger partial charge in [-0.3, -0.25) is 0 Å². The van der Waals surface area contributed by atoms with Crippen LogP contribution in [0.25, 0.3) is 0 Å². The molecule has 0 bridgehead atoms. The summed E-state index contributed by atoms with van der Waals surface area (Å²) in [4.78, 5) is 4.15. The second-order valence-corrected chi connectivity index (χ2v) is 4.75. The molecule has 0 spiro atoms. The average Bonchev–Trinajstić information content (AvgIpc) is 2.22. The summed E-state index contributed by atoms with van der Waals surface area (Å²) in [6, 6.07) is 2.30. The van der Waals surface area contributed by atoms with E-state index in [1.54, 1.807) is 6.20 Å². The lowest BCUT2D eigenvalue weighted by atomic mass is 10.0. The SMILES string of the molecule is CCSCC(NC)c1c(C)ccnc1N. The lowest BCUT2D eigenvalue weighted by Gasteiger charge is -2.19. The molecule has 4 heteroatoms. The molecule has 15 heavy (non-hydrogen) atoms. The Morgan fingerprint density at radius 3 is 2.87 bits per heavy atom. The van der Waals surface area contributed by atoms with Gasteiger partial charge in [0.15, 0.2) is 0 Å². The molecule has 0 saturated carbocycles. The smallest absolute Gasteiger partial charge is 0.128 e. The van der Waals surface area contributed by atoms with Crippen LogP contribution in [0.5, 0.6) is 0 Å². The van der Waals surface area contributed by atoms with Gasteiger partial charge in [-0.15, -0.1) is 0 Å². The number of nitrogens with zero attached hydrogens (tertiary/aromatic N) is 1. The fourth-order valence-corrected chi connectivity index (χ4v) is 2.40. The third kappa shape index (κ3) is 3.11. The van der Waals surface area contributed by atoms with Crippen LogP contribution in [-0.4, -0.2) is 23.5 Å². The summed E-state index contributed by atoms with van der Waals surface area (Å²) >= 11 is 1.91. The number of anilines is 1. The molecule has 0 radical (unpaired) electrons. The fourth-order valence-electron chi connectivity index (χ4n) is 1.59. The average molecular weight is 225 g/mol. The molecule has 0 amide bonds. The van der Waals surface area contributed by atoms with Crippen molar-refractivity contribution in [3.8, 4) is 0 Å². The van der Waals surface area contributed by atoms with Crippen molar-refractivity contribution in [3.05, 3.63) is 23.4 Å². The van der Waals surface area contributed by atoms with Crippen molar-refractivity contribution < 1.29 is 0 Å². The first kappa shape index (κ1) is 12.3. The maximum Gasteiger partial charge on any atom is 0.128 e. The number of nitrogens with two attached hydrogens (primary N) is 1. The number of aryl methyl sites for hydroxylation is 1. The van der Waals surface area contributed by atoms with Crippen molar-refractivity contribution in [3.63, 3.8) is 0 Å². The Bertz CT molecular complexity index is 294. The van der Waals surface area contributed by atoms with Crippen LogP contribution in [0.1, 0.15) is 24.1 Å². The third-order valence-electron chi connectivity index (χ3n) is 2.42. The number of rotatable bonds is 5. The summed E-state index contributed by atoms with van der Waals surface area (Å²) in [6.45, 7) is 4.24. The Balaban J connectivity index is 2.90. The lowest BCUT2D eigenvalue weighted by molar-refractivity contribution is 0.657. The number of nitrogens with one attached hydrogen (secondary N) is 1. The van der Waals surface area contributed by atoms with Gasteiger partial charge in [-0.1, -0.05) is 6.92 Å². The van der Waals surface area contributed by atoms with Crippen molar-refractivity contribution in [1.29, 1.82) is 0 Å². The maximum absolute atomic E-state index is 5.91. The van der Waals surface area contributed by atoms with Gasteiger partial charge in [0.05, 0.1) is 0 Å². The molecule has 1 aromatic rings. The third-order valence-corrected chi connectivity index (χ3v) is 3.40. The van der Waals surface area contributed by atoms with Crippen LogP contribution in [0.2, 0.25) is 0 Å². The second kappa shape index (κ2) is 5.98. The molecule has 1 rings (SSSR count). The van der Waals surface area contributed by atoms with Gasteiger partial charge < -0.3 is 11.1 Å². The van der Waals surface area contributed by atoms with E-state index in [1.807, 2.05) is 24.9 Å². The zero-order valence-corrected chi connectivity index (χ0v) is 10.4. The number of hydrogen-bond acceptors (Lipinski definition) is 4. The molecule has 1 atom stereocenters. The summed E-state index contributed by atoms with van der Waals surface area (Å²) in [5.41, 5.74) is 8.26. The minimum Gasteiger partial charge on any atom is -0.383 e. The van der Waals surface area contributed by atoms with Gasteiger partial charge >= 0.3 is 0 Å². The highest BCUT2D eigenvalue weighted by Gasteiger charge is 2.15. The number of pyridine rings is 1. The minimum atomic E-state index is 0.295. The van der Waals surface area contributed by atoms with Crippen molar-refractivity contribution in [2.45, 2.75) is 19.9 Å². The molecule has 1 unspecified atom stereocenters. The first-order valence-corrected chi connectivity index (χ1v) is 6.32. The highest BCUT2D eigenvalue weighted by Crippen LogP contribution is 2.25. The molecule has 0 aromatic carbocycles. The van der Waals surface area contributed by atoms with Gasteiger partial charge in [-0.05, 0) is 31.4 Å². The van der Waals surface area contributed by atoms with Crippen molar-refractivity contribution in [2.24, 2.45) is 0 Å². The molecule has 1 heterocycles. The molecule has 0 saturated heterocycles. The quantitative estimate of drug-likeness (QED) is 0.804. The Labute approximate surface area is 95.9 Å². The Kier molecular flexibility index (Phi) is 4.91. The summed E-state index contributed by atoms with van der Waals surface area (Å²) < 4.78 is 0. The lowest BCUT2D eigenvalue weighted by Crippen LogP contribution is -2.21. The second-order valence-electron chi connectivity index (χ2n) is 3.43. The molecule has 0 aliphatic rings. The summed E-state index contributed by atoms with van der Waals surface area (Å²) in [5.74, 6) is 2.80. The highest BCUT2D eigenvalue weighted by atomic mass is 32.2.